The lowest BCUT2D eigenvalue weighted by Crippen LogP contribution is -2.30. The molecule has 0 aliphatic carbocycles. The van der Waals surface area contributed by atoms with Crippen molar-refractivity contribution in [2.75, 3.05) is 6.67 Å². The van der Waals surface area contributed by atoms with Crippen LogP contribution in [0.25, 0.3) is 0 Å². The van der Waals surface area contributed by atoms with Crippen molar-refractivity contribution in [2.24, 2.45) is 10.2 Å². The molecule has 2 N–H and O–H groups in total. The van der Waals surface area contributed by atoms with E-state index >= 15 is 0 Å². The summed E-state index contributed by atoms with van der Waals surface area (Å²) in [4.78, 5) is 0. The maximum Gasteiger partial charge on any atom is 0.129 e. The molecule has 0 spiro atoms. The molecule has 0 radical (unpaired) electrons. The number of hydrazine groups is 1. The van der Waals surface area contributed by atoms with Crippen molar-refractivity contribution < 1.29 is 0 Å². The summed E-state index contributed by atoms with van der Waals surface area (Å²) in [5.41, 5.74) is 3.82. The van der Waals surface area contributed by atoms with Crippen LogP contribution in [0.4, 0.5) is 0 Å². The van der Waals surface area contributed by atoms with E-state index in [1.54, 1.807) is 17.7 Å². The van der Waals surface area contributed by atoms with Gasteiger partial charge in [-0.1, -0.05) is 30.3 Å². The lowest BCUT2D eigenvalue weighted by molar-refractivity contribution is 0.217. The van der Waals surface area contributed by atoms with Crippen LogP contribution in [0.1, 0.15) is 5.56 Å². The first-order chi connectivity index (χ1) is 6.95. The summed E-state index contributed by atoms with van der Waals surface area (Å²) in [5.74, 6) is 0. The summed E-state index contributed by atoms with van der Waals surface area (Å²) >= 11 is 0. The minimum atomic E-state index is 0.631. The van der Waals surface area contributed by atoms with Crippen LogP contribution in [0.2, 0.25) is 0 Å². The number of benzene rings is 1. The first kappa shape index (κ1) is 8.55. The summed E-state index contributed by atoms with van der Waals surface area (Å²) < 4.78 is 0. The van der Waals surface area contributed by atoms with Crippen LogP contribution in [0.15, 0.2) is 40.5 Å². The third-order valence-corrected chi connectivity index (χ3v) is 1.72. The highest BCUT2D eigenvalue weighted by atomic mass is 15.8. The van der Waals surface area contributed by atoms with Gasteiger partial charge < -0.3 is 5.32 Å². The minimum absolute atomic E-state index is 0.631. The Hall–Kier alpha value is -2.04. The summed E-state index contributed by atoms with van der Waals surface area (Å²) in [6.07, 6.45) is 3.36. The molecule has 2 rings (SSSR count). The quantitative estimate of drug-likeness (QED) is 0.532. The number of hydrogen-bond acceptors (Lipinski definition) is 5. The van der Waals surface area contributed by atoms with Gasteiger partial charge >= 0.3 is 0 Å². The highest BCUT2D eigenvalue weighted by molar-refractivity contribution is 5.79. The number of hydrogen-bond donors (Lipinski definition) is 2. The van der Waals surface area contributed by atoms with Crippen LogP contribution in [0, 0.1) is 0 Å². The zero-order valence-corrected chi connectivity index (χ0v) is 7.59. The van der Waals surface area contributed by atoms with E-state index in [4.69, 9.17) is 0 Å². The lowest BCUT2D eigenvalue weighted by atomic mass is 10.2. The van der Waals surface area contributed by atoms with Crippen molar-refractivity contribution in [1.29, 1.82) is 0 Å². The number of rotatable bonds is 3. The predicted molar refractivity (Wildman–Crippen MR) is 55.5 cm³/mol. The molecule has 0 amide bonds. The van der Waals surface area contributed by atoms with E-state index in [2.05, 4.69) is 21.1 Å². The maximum atomic E-state index is 4.02. The van der Waals surface area contributed by atoms with E-state index in [1.807, 2.05) is 30.3 Å². The molecule has 0 aromatic heterocycles. The summed E-state index contributed by atoms with van der Waals surface area (Å²) in [7, 11) is 0. The Balaban J connectivity index is 1.85. The van der Waals surface area contributed by atoms with Gasteiger partial charge in [-0.25, -0.2) is 5.53 Å². The van der Waals surface area contributed by atoms with Gasteiger partial charge in [0.2, 0.25) is 0 Å². The largest absolute Gasteiger partial charge is 0.354 e. The zero-order valence-electron chi connectivity index (χ0n) is 7.59. The van der Waals surface area contributed by atoms with Crippen LogP contribution < -0.4 is 10.9 Å². The average molecular weight is 189 g/mol. The Labute approximate surface area is 82.1 Å². The average Bonchev–Trinajstić information content (AvgIpc) is 2.72. The summed E-state index contributed by atoms with van der Waals surface area (Å²) in [5, 5.41) is 12.5. The fourth-order valence-electron chi connectivity index (χ4n) is 1.05. The summed E-state index contributed by atoms with van der Waals surface area (Å²) in [6.45, 7) is 0.631. The van der Waals surface area contributed by atoms with E-state index in [0.717, 1.165) is 5.56 Å². The molecule has 1 aliphatic rings. The van der Waals surface area contributed by atoms with Gasteiger partial charge in [0.15, 0.2) is 0 Å². The second-order valence-electron chi connectivity index (χ2n) is 2.78. The summed E-state index contributed by atoms with van der Waals surface area (Å²) in [6, 6.07) is 9.88. The van der Waals surface area contributed by atoms with E-state index in [-0.39, 0.29) is 0 Å². The molecule has 1 aliphatic heterocycles. The standard InChI is InChI=1S/C9H11N5/c1-2-4-9(5-3-1)6-11-13-14-8-10-7-12-14/h1-7,13H,8H2,(H,10,12). The van der Waals surface area contributed by atoms with E-state index < -0.39 is 0 Å². The first-order valence-corrected chi connectivity index (χ1v) is 4.32. The van der Waals surface area contributed by atoms with Gasteiger partial charge in [0.1, 0.15) is 13.0 Å². The molecule has 0 fully saturated rings. The molecule has 0 atom stereocenters. The highest BCUT2D eigenvalue weighted by Crippen LogP contribution is 1.93. The van der Waals surface area contributed by atoms with Gasteiger partial charge in [-0.3, -0.25) is 0 Å². The number of nitrogens with zero attached hydrogens (tertiary/aromatic N) is 3. The van der Waals surface area contributed by atoms with Gasteiger partial charge in [0.05, 0.1) is 6.21 Å². The Bertz CT molecular complexity index is 332. The van der Waals surface area contributed by atoms with Crippen molar-refractivity contribution in [3.8, 4) is 0 Å². The molecule has 1 aromatic carbocycles. The number of hydrazone groups is 2. The van der Waals surface area contributed by atoms with Crippen LogP contribution in [0.3, 0.4) is 0 Å². The highest BCUT2D eigenvalue weighted by Gasteiger charge is 1.99. The van der Waals surface area contributed by atoms with E-state index in [1.165, 1.54) is 0 Å². The van der Waals surface area contributed by atoms with E-state index in [0.29, 0.717) is 6.67 Å². The van der Waals surface area contributed by atoms with Crippen molar-refractivity contribution >= 4 is 12.6 Å². The molecule has 1 aromatic rings. The van der Waals surface area contributed by atoms with Crippen LogP contribution in [-0.2, 0) is 0 Å². The Morgan fingerprint density at radius 1 is 1.43 bits per heavy atom. The van der Waals surface area contributed by atoms with Crippen molar-refractivity contribution in [3.05, 3.63) is 35.9 Å². The molecule has 5 nitrogen and oxygen atoms in total. The van der Waals surface area contributed by atoms with Crippen LogP contribution in [-0.4, -0.2) is 24.3 Å². The fraction of sp³-hybridized carbons (Fsp3) is 0.111. The van der Waals surface area contributed by atoms with Crippen molar-refractivity contribution in [1.82, 2.24) is 16.0 Å². The molecule has 0 bridgehead atoms. The van der Waals surface area contributed by atoms with E-state index in [9.17, 15) is 0 Å². The third kappa shape index (κ3) is 2.22. The normalized spacial score (nSPS) is 14.7. The van der Waals surface area contributed by atoms with Gasteiger partial charge in [0.25, 0.3) is 0 Å². The van der Waals surface area contributed by atoms with Gasteiger partial charge in [0, 0.05) is 0 Å². The minimum Gasteiger partial charge on any atom is -0.354 e. The molecular weight excluding hydrogens is 178 g/mol. The first-order valence-electron chi connectivity index (χ1n) is 4.32. The molecule has 0 saturated carbocycles. The van der Waals surface area contributed by atoms with Crippen LogP contribution >= 0.6 is 0 Å². The Morgan fingerprint density at radius 3 is 3.00 bits per heavy atom. The van der Waals surface area contributed by atoms with Gasteiger partial charge in [-0.05, 0) is 5.56 Å². The molecule has 0 saturated heterocycles. The molecule has 14 heavy (non-hydrogen) atoms. The number of nitrogens with one attached hydrogen (secondary N) is 2. The Morgan fingerprint density at radius 2 is 2.29 bits per heavy atom. The van der Waals surface area contributed by atoms with Gasteiger partial charge in [-0.15, -0.1) is 5.10 Å². The van der Waals surface area contributed by atoms with Crippen molar-refractivity contribution in [3.63, 3.8) is 0 Å². The fourth-order valence-corrected chi connectivity index (χ4v) is 1.05. The molecular formula is C9H11N5. The molecule has 5 heteroatoms. The third-order valence-electron chi connectivity index (χ3n) is 1.72. The maximum absolute atomic E-state index is 4.02. The molecule has 72 valence electrons. The Kier molecular flexibility index (Phi) is 2.61. The monoisotopic (exact) mass is 189 g/mol. The van der Waals surface area contributed by atoms with Crippen molar-refractivity contribution in [2.45, 2.75) is 0 Å². The van der Waals surface area contributed by atoms with Gasteiger partial charge in [-0.2, -0.15) is 10.2 Å². The second kappa shape index (κ2) is 4.27. The second-order valence-corrected chi connectivity index (χ2v) is 2.78. The SMILES string of the molecule is C(=NNN1CNC=N1)c1ccccc1. The zero-order chi connectivity index (χ0) is 9.64. The van der Waals surface area contributed by atoms with Crippen LogP contribution in [0.5, 0.6) is 0 Å². The molecule has 1 heterocycles. The molecule has 0 unspecified atom stereocenters. The lowest BCUT2D eigenvalue weighted by Gasteiger charge is -2.09. The smallest absolute Gasteiger partial charge is 0.129 e. The predicted octanol–water partition coefficient (Wildman–Crippen LogP) is 0.331. The topological polar surface area (TPSA) is 52.0 Å².